The minimum absolute atomic E-state index is 0.261. The second-order valence-electron chi connectivity index (χ2n) is 4.45. The highest BCUT2D eigenvalue weighted by Gasteiger charge is 2.31. The predicted molar refractivity (Wildman–Crippen MR) is 75.0 cm³/mol. The summed E-state index contributed by atoms with van der Waals surface area (Å²) in [7, 11) is -1.05. The van der Waals surface area contributed by atoms with Crippen molar-refractivity contribution in [2.75, 3.05) is 12.3 Å². The highest BCUT2D eigenvalue weighted by Crippen LogP contribution is 2.41. The van der Waals surface area contributed by atoms with E-state index in [1.807, 2.05) is 12.1 Å². The highest BCUT2D eigenvalue weighted by atomic mass is 31.1. The smallest absolute Gasteiger partial charge is 0.224 e. The van der Waals surface area contributed by atoms with Crippen LogP contribution < -0.4 is 0 Å². The summed E-state index contributed by atoms with van der Waals surface area (Å²) in [6.07, 6.45) is -2.97. The zero-order chi connectivity index (χ0) is 16.2. The third kappa shape index (κ3) is 3.52. The zero-order valence-electron chi connectivity index (χ0n) is 11.4. The molecule has 1 aromatic heterocycles. The third-order valence-electron chi connectivity index (χ3n) is 2.99. The van der Waals surface area contributed by atoms with Gasteiger partial charge in [0.1, 0.15) is 5.52 Å². The van der Waals surface area contributed by atoms with Crippen LogP contribution in [0.25, 0.3) is 11.0 Å². The fourth-order valence-corrected chi connectivity index (χ4v) is 3.89. The topological polar surface area (TPSA) is 78.3 Å². The Bertz CT molecular complexity index is 723. The lowest BCUT2D eigenvalue weighted by Gasteiger charge is -2.15. The first-order valence-electron chi connectivity index (χ1n) is 6.39. The van der Waals surface area contributed by atoms with Gasteiger partial charge in [-0.05, 0) is 18.2 Å². The molecule has 5 nitrogen and oxygen atoms in total. The summed E-state index contributed by atoms with van der Waals surface area (Å²) in [5.41, 5.74) is -0.106. The van der Waals surface area contributed by atoms with Crippen LogP contribution in [0.4, 0.5) is 13.2 Å². The molecule has 22 heavy (non-hydrogen) atoms. The second-order valence-corrected chi connectivity index (χ2v) is 6.74. The molecule has 2 rings (SSSR count). The first kappa shape index (κ1) is 16.2. The van der Waals surface area contributed by atoms with E-state index in [-0.39, 0.29) is 18.4 Å². The largest absolute Gasteiger partial charge is 0.416 e. The minimum Gasteiger partial charge on any atom is -0.224 e. The molecule has 1 aromatic carbocycles. The van der Waals surface area contributed by atoms with Gasteiger partial charge in [-0.1, -0.05) is 5.21 Å². The molecule has 2 aromatic rings. The number of halogens is 3. The lowest BCUT2D eigenvalue weighted by Crippen LogP contribution is -2.06. The van der Waals surface area contributed by atoms with Crippen molar-refractivity contribution in [2.24, 2.45) is 0 Å². The van der Waals surface area contributed by atoms with Crippen molar-refractivity contribution in [1.29, 1.82) is 10.5 Å². The van der Waals surface area contributed by atoms with Crippen molar-refractivity contribution in [3.8, 4) is 12.1 Å². The van der Waals surface area contributed by atoms with Crippen molar-refractivity contribution in [3.05, 3.63) is 23.8 Å². The van der Waals surface area contributed by atoms with Gasteiger partial charge in [-0.3, -0.25) is 0 Å². The van der Waals surface area contributed by atoms with Gasteiger partial charge in [0.25, 0.3) is 0 Å². The van der Waals surface area contributed by atoms with E-state index in [9.17, 15) is 13.2 Å². The number of fused-ring (bicyclic) bond motifs is 1. The van der Waals surface area contributed by atoms with Gasteiger partial charge in [0.05, 0.1) is 23.2 Å². The fourth-order valence-electron chi connectivity index (χ4n) is 1.95. The molecule has 0 amide bonds. The molecule has 0 aliphatic carbocycles. The Kier molecular flexibility index (Phi) is 4.95. The van der Waals surface area contributed by atoms with Crippen LogP contribution >= 0.6 is 8.07 Å². The molecular formula is C13H11F3N5P. The van der Waals surface area contributed by atoms with Crippen molar-refractivity contribution < 1.29 is 13.2 Å². The van der Waals surface area contributed by atoms with Gasteiger partial charge in [-0.2, -0.15) is 23.7 Å². The lowest BCUT2D eigenvalue weighted by atomic mass is 10.2. The SMILES string of the molecule is N#CCCP(CCC#N)n1nnc2ccc(C(F)(F)F)cc21. The first-order chi connectivity index (χ1) is 10.5. The Morgan fingerprint density at radius 3 is 2.32 bits per heavy atom. The van der Waals surface area contributed by atoms with Crippen molar-refractivity contribution in [3.63, 3.8) is 0 Å². The molecule has 1 heterocycles. The fraction of sp³-hybridized carbons (Fsp3) is 0.385. The maximum Gasteiger partial charge on any atom is 0.416 e. The lowest BCUT2D eigenvalue weighted by molar-refractivity contribution is -0.137. The van der Waals surface area contributed by atoms with Gasteiger partial charge in [-0.15, -0.1) is 5.10 Å². The molecule has 0 aliphatic heterocycles. The number of hydrogen-bond acceptors (Lipinski definition) is 4. The molecule has 0 saturated carbocycles. The quantitative estimate of drug-likeness (QED) is 0.788. The predicted octanol–water partition coefficient (Wildman–Crippen LogP) is 3.52. The molecule has 0 spiro atoms. The van der Waals surface area contributed by atoms with Gasteiger partial charge < -0.3 is 0 Å². The van der Waals surface area contributed by atoms with E-state index in [1.165, 1.54) is 10.5 Å². The van der Waals surface area contributed by atoms with E-state index in [0.29, 0.717) is 17.8 Å². The maximum atomic E-state index is 12.8. The Morgan fingerprint density at radius 1 is 1.14 bits per heavy atom. The number of benzene rings is 1. The maximum absolute atomic E-state index is 12.8. The summed E-state index contributed by atoms with van der Waals surface area (Å²) >= 11 is 0. The molecular weight excluding hydrogens is 314 g/mol. The van der Waals surface area contributed by atoms with Crippen LogP contribution in [0.15, 0.2) is 18.2 Å². The van der Waals surface area contributed by atoms with Crippen LogP contribution in [-0.4, -0.2) is 27.1 Å². The second kappa shape index (κ2) is 6.72. The molecule has 0 atom stereocenters. The Labute approximate surface area is 125 Å². The minimum atomic E-state index is -4.44. The van der Waals surface area contributed by atoms with E-state index >= 15 is 0 Å². The zero-order valence-corrected chi connectivity index (χ0v) is 12.3. The van der Waals surface area contributed by atoms with Gasteiger partial charge in [0.2, 0.25) is 0 Å². The average Bonchev–Trinajstić information content (AvgIpc) is 2.89. The molecule has 0 fully saturated rings. The van der Waals surface area contributed by atoms with Crippen LogP contribution in [0.5, 0.6) is 0 Å². The summed E-state index contributed by atoms with van der Waals surface area (Å²) in [4.78, 5) is 0. The third-order valence-corrected chi connectivity index (χ3v) is 5.30. The van der Waals surface area contributed by atoms with Crippen molar-refractivity contribution in [1.82, 2.24) is 14.8 Å². The first-order valence-corrected chi connectivity index (χ1v) is 8.05. The summed E-state index contributed by atoms with van der Waals surface area (Å²) in [6.45, 7) is 0. The van der Waals surface area contributed by atoms with E-state index in [4.69, 9.17) is 10.5 Å². The Morgan fingerprint density at radius 2 is 1.77 bits per heavy atom. The number of hydrogen-bond donors (Lipinski definition) is 0. The molecule has 0 N–H and O–H groups in total. The Balaban J connectivity index is 2.43. The highest BCUT2D eigenvalue weighted by molar-refractivity contribution is 7.56. The van der Waals surface area contributed by atoms with Crippen LogP contribution in [0.3, 0.4) is 0 Å². The molecule has 0 bridgehead atoms. The van der Waals surface area contributed by atoms with Gasteiger partial charge in [0, 0.05) is 33.2 Å². The van der Waals surface area contributed by atoms with Gasteiger partial charge in [-0.25, -0.2) is 4.45 Å². The number of nitriles is 2. The van der Waals surface area contributed by atoms with Gasteiger partial charge in [0.15, 0.2) is 0 Å². The van der Waals surface area contributed by atoms with Gasteiger partial charge >= 0.3 is 6.18 Å². The Hall–Kier alpha value is -2.18. The normalized spacial score (nSPS) is 11.5. The molecule has 0 unspecified atom stereocenters. The molecule has 0 radical (unpaired) electrons. The van der Waals surface area contributed by atoms with Crippen LogP contribution in [0.1, 0.15) is 18.4 Å². The average molecular weight is 325 g/mol. The summed E-state index contributed by atoms with van der Waals surface area (Å²) in [5, 5.41) is 25.2. The van der Waals surface area contributed by atoms with E-state index in [2.05, 4.69) is 10.3 Å². The summed E-state index contributed by atoms with van der Waals surface area (Å²) in [6, 6.07) is 7.29. The molecule has 0 aliphatic rings. The van der Waals surface area contributed by atoms with Crippen molar-refractivity contribution >= 4 is 19.1 Å². The molecule has 114 valence electrons. The monoisotopic (exact) mass is 325 g/mol. The number of nitrogens with zero attached hydrogens (tertiary/aromatic N) is 5. The number of aromatic nitrogens is 3. The summed E-state index contributed by atoms with van der Waals surface area (Å²) in [5.74, 6) is 0. The van der Waals surface area contributed by atoms with E-state index in [0.717, 1.165) is 12.1 Å². The van der Waals surface area contributed by atoms with Crippen LogP contribution in [0.2, 0.25) is 0 Å². The van der Waals surface area contributed by atoms with E-state index in [1.54, 1.807) is 0 Å². The standard InChI is InChI=1S/C13H11F3N5P/c14-13(15,16)10-3-4-11-12(9-10)21(20-19-11)22(7-1-5-17)8-2-6-18/h3-4,9H,1-2,7-8H2. The molecule has 0 saturated heterocycles. The van der Waals surface area contributed by atoms with Crippen LogP contribution in [0, 0.1) is 22.7 Å². The van der Waals surface area contributed by atoms with E-state index < -0.39 is 19.8 Å². The number of rotatable bonds is 5. The van der Waals surface area contributed by atoms with Crippen LogP contribution in [-0.2, 0) is 6.18 Å². The van der Waals surface area contributed by atoms with Crippen molar-refractivity contribution in [2.45, 2.75) is 19.0 Å². The number of alkyl halides is 3. The summed E-state index contributed by atoms with van der Waals surface area (Å²) < 4.78 is 39.9. The molecule has 9 heteroatoms.